The van der Waals surface area contributed by atoms with E-state index in [9.17, 15) is 18.0 Å². The molecule has 1 aromatic carbocycles. The third-order valence-corrected chi connectivity index (χ3v) is 4.49. The highest BCUT2D eigenvalue weighted by molar-refractivity contribution is 6.33. The molecule has 1 amide bonds. The van der Waals surface area contributed by atoms with Crippen LogP contribution < -0.4 is 5.32 Å². The molecule has 0 aliphatic carbocycles. The van der Waals surface area contributed by atoms with E-state index in [1.165, 1.54) is 25.1 Å². The van der Waals surface area contributed by atoms with Crippen molar-refractivity contribution in [3.63, 3.8) is 0 Å². The second kappa shape index (κ2) is 7.13. The molecule has 0 saturated carbocycles. The first-order chi connectivity index (χ1) is 14.1. The normalized spacial score (nSPS) is 11.8. The maximum atomic E-state index is 13.1. The number of anilines is 1. The van der Waals surface area contributed by atoms with Crippen molar-refractivity contribution in [1.82, 2.24) is 19.9 Å². The molecule has 30 heavy (non-hydrogen) atoms. The average Bonchev–Trinajstić information content (AvgIpc) is 3.26. The van der Waals surface area contributed by atoms with Gasteiger partial charge >= 0.3 is 6.18 Å². The van der Waals surface area contributed by atoms with Gasteiger partial charge in [-0.25, -0.2) is 15.0 Å². The standard InChI is InChI=1S/C19H13ClF3N5O2/c1-8-5-13-17(24-7-8)28-16(27-13)11-6-10(3-4-12(11)20)26-18(29)14-15(19(21,22)23)30-9(2)25-14/h3-7H,1-2H3,(H,26,29)(H,24,27,28). The lowest BCUT2D eigenvalue weighted by atomic mass is 10.2. The summed E-state index contributed by atoms with van der Waals surface area (Å²) in [5, 5.41) is 2.72. The van der Waals surface area contributed by atoms with Gasteiger partial charge in [0.1, 0.15) is 5.82 Å². The molecule has 154 valence electrons. The van der Waals surface area contributed by atoms with Crippen molar-refractivity contribution in [3.8, 4) is 11.4 Å². The molecule has 0 spiro atoms. The summed E-state index contributed by atoms with van der Waals surface area (Å²) in [5.74, 6) is -2.38. The number of hydrogen-bond acceptors (Lipinski definition) is 5. The van der Waals surface area contributed by atoms with Crippen LogP contribution in [0.15, 0.2) is 34.9 Å². The van der Waals surface area contributed by atoms with Crippen molar-refractivity contribution >= 4 is 34.4 Å². The van der Waals surface area contributed by atoms with Crippen LogP contribution in [0.5, 0.6) is 0 Å². The summed E-state index contributed by atoms with van der Waals surface area (Å²) in [5.41, 5.74) is 1.92. The average molecular weight is 436 g/mol. The Morgan fingerprint density at radius 1 is 1.20 bits per heavy atom. The molecule has 4 aromatic rings. The van der Waals surface area contributed by atoms with Crippen LogP contribution in [-0.2, 0) is 6.18 Å². The van der Waals surface area contributed by atoms with E-state index >= 15 is 0 Å². The van der Waals surface area contributed by atoms with Gasteiger partial charge in [0.2, 0.25) is 5.76 Å². The summed E-state index contributed by atoms with van der Waals surface area (Å²) < 4.78 is 43.8. The topological polar surface area (TPSA) is 96.7 Å². The van der Waals surface area contributed by atoms with Gasteiger partial charge in [0, 0.05) is 24.4 Å². The fourth-order valence-electron chi connectivity index (χ4n) is 2.88. The minimum Gasteiger partial charge on any atom is -0.436 e. The third kappa shape index (κ3) is 3.73. The van der Waals surface area contributed by atoms with E-state index in [0.717, 1.165) is 5.56 Å². The van der Waals surface area contributed by atoms with Gasteiger partial charge in [-0.1, -0.05) is 11.6 Å². The Labute approximate surface area is 172 Å². The number of aryl methyl sites for hydroxylation is 2. The van der Waals surface area contributed by atoms with Gasteiger partial charge in [-0.3, -0.25) is 4.79 Å². The molecule has 11 heteroatoms. The van der Waals surface area contributed by atoms with E-state index in [4.69, 9.17) is 11.6 Å². The summed E-state index contributed by atoms with van der Waals surface area (Å²) in [4.78, 5) is 27.6. The van der Waals surface area contributed by atoms with Crippen LogP contribution in [0, 0.1) is 13.8 Å². The molecule has 0 saturated heterocycles. The summed E-state index contributed by atoms with van der Waals surface area (Å²) >= 11 is 6.26. The van der Waals surface area contributed by atoms with Crippen molar-refractivity contribution < 1.29 is 22.4 Å². The van der Waals surface area contributed by atoms with Gasteiger partial charge < -0.3 is 14.7 Å². The second-order valence-corrected chi connectivity index (χ2v) is 6.93. The monoisotopic (exact) mass is 435 g/mol. The number of fused-ring (bicyclic) bond motifs is 1. The van der Waals surface area contributed by atoms with Crippen molar-refractivity contribution in [2.75, 3.05) is 5.32 Å². The fourth-order valence-corrected chi connectivity index (χ4v) is 3.09. The fraction of sp³-hybridized carbons (Fsp3) is 0.158. The van der Waals surface area contributed by atoms with Crippen molar-refractivity contribution in [1.29, 1.82) is 0 Å². The molecular formula is C19H13ClF3N5O2. The number of rotatable bonds is 3. The molecule has 2 N–H and O–H groups in total. The first kappa shape index (κ1) is 19.9. The molecule has 0 aliphatic heterocycles. The number of benzene rings is 1. The van der Waals surface area contributed by atoms with Crippen molar-refractivity contribution in [3.05, 3.63) is 58.4 Å². The lowest BCUT2D eigenvalue weighted by Crippen LogP contribution is -2.18. The number of nitrogens with one attached hydrogen (secondary N) is 2. The van der Waals surface area contributed by atoms with Crippen LogP contribution >= 0.6 is 11.6 Å². The molecule has 3 aromatic heterocycles. The molecule has 0 fully saturated rings. The van der Waals surface area contributed by atoms with Gasteiger partial charge in [0.25, 0.3) is 5.91 Å². The Morgan fingerprint density at radius 2 is 1.97 bits per heavy atom. The Morgan fingerprint density at radius 3 is 2.70 bits per heavy atom. The number of H-pyrrole nitrogens is 1. The molecule has 0 radical (unpaired) electrons. The Kier molecular flexibility index (Phi) is 4.73. The predicted octanol–water partition coefficient (Wildman–Crippen LogP) is 5.15. The molecule has 4 rings (SSSR count). The summed E-state index contributed by atoms with van der Waals surface area (Å²) in [6, 6.07) is 6.31. The van der Waals surface area contributed by atoms with Crippen LogP contribution in [0.4, 0.5) is 18.9 Å². The molecule has 3 heterocycles. The Bertz CT molecular complexity index is 1280. The van der Waals surface area contributed by atoms with Crippen molar-refractivity contribution in [2.24, 2.45) is 0 Å². The van der Waals surface area contributed by atoms with Gasteiger partial charge in [0.05, 0.1) is 10.5 Å². The van der Waals surface area contributed by atoms with Crippen LogP contribution in [0.25, 0.3) is 22.6 Å². The minimum absolute atomic E-state index is 0.206. The lowest BCUT2D eigenvalue weighted by molar-refractivity contribution is -0.153. The zero-order chi connectivity index (χ0) is 21.6. The number of nitrogens with zero attached hydrogens (tertiary/aromatic N) is 3. The largest absolute Gasteiger partial charge is 0.452 e. The second-order valence-electron chi connectivity index (χ2n) is 6.53. The Balaban J connectivity index is 1.68. The first-order valence-electron chi connectivity index (χ1n) is 8.60. The first-order valence-corrected chi connectivity index (χ1v) is 8.98. The summed E-state index contributed by atoms with van der Waals surface area (Å²) in [7, 11) is 0. The van der Waals surface area contributed by atoms with E-state index in [1.807, 2.05) is 13.0 Å². The molecule has 0 aliphatic rings. The number of amides is 1. The van der Waals surface area contributed by atoms with Crippen LogP contribution in [-0.4, -0.2) is 25.8 Å². The number of aromatic nitrogens is 4. The smallest absolute Gasteiger partial charge is 0.436 e. The molecule has 0 bridgehead atoms. The highest BCUT2D eigenvalue weighted by Crippen LogP contribution is 2.34. The highest BCUT2D eigenvalue weighted by atomic mass is 35.5. The number of alkyl halides is 3. The number of aromatic amines is 1. The Hall–Kier alpha value is -3.40. The minimum atomic E-state index is -4.85. The van der Waals surface area contributed by atoms with Crippen molar-refractivity contribution in [2.45, 2.75) is 20.0 Å². The number of hydrogen-bond donors (Lipinski definition) is 2. The van der Waals surface area contributed by atoms with E-state index in [-0.39, 0.29) is 11.6 Å². The van der Waals surface area contributed by atoms with Gasteiger partial charge in [0.15, 0.2) is 17.2 Å². The van der Waals surface area contributed by atoms with Gasteiger partial charge in [-0.05, 0) is 36.8 Å². The van der Waals surface area contributed by atoms with Crippen LogP contribution in [0.3, 0.4) is 0 Å². The quantitative estimate of drug-likeness (QED) is 0.463. The third-order valence-electron chi connectivity index (χ3n) is 4.16. The molecule has 7 nitrogen and oxygen atoms in total. The SMILES string of the molecule is Cc1cnc2nc(-c3cc(NC(=O)c4nc(C)oc4C(F)(F)F)ccc3Cl)[nH]c2c1. The lowest BCUT2D eigenvalue weighted by Gasteiger charge is -2.08. The van der Waals surface area contributed by atoms with Crippen LogP contribution in [0.1, 0.15) is 27.7 Å². The number of halogens is 4. The highest BCUT2D eigenvalue weighted by Gasteiger charge is 2.41. The van der Waals surface area contributed by atoms with Gasteiger partial charge in [-0.2, -0.15) is 13.2 Å². The number of carbonyl (C=O) groups excluding carboxylic acids is 1. The number of carbonyl (C=O) groups is 1. The number of imidazole rings is 1. The van der Waals surface area contributed by atoms with E-state index in [0.29, 0.717) is 27.6 Å². The van der Waals surface area contributed by atoms with E-state index in [2.05, 4.69) is 29.7 Å². The van der Waals surface area contributed by atoms with E-state index < -0.39 is 23.5 Å². The molecule has 0 atom stereocenters. The number of oxazole rings is 1. The molecular weight excluding hydrogens is 423 g/mol. The zero-order valence-corrected chi connectivity index (χ0v) is 16.3. The maximum absolute atomic E-state index is 13.1. The van der Waals surface area contributed by atoms with Gasteiger partial charge in [-0.15, -0.1) is 0 Å². The maximum Gasteiger partial charge on any atom is 0.452 e. The summed E-state index contributed by atoms with van der Waals surface area (Å²) in [6.07, 6.45) is -3.18. The van der Waals surface area contributed by atoms with E-state index in [1.54, 1.807) is 6.20 Å². The zero-order valence-electron chi connectivity index (χ0n) is 15.6. The summed E-state index contributed by atoms with van der Waals surface area (Å²) in [6.45, 7) is 3.11. The van der Waals surface area contributed by atoms with Crippen LogP contribution in [0.2, 0.25) is 5.02 Å². The predicted molar refractivity (Wildman–Crippen MR) is 103 cm³/mol. The molecule has 0 unspecified atom stereocenters. The number of pyridine rings is 1.